The maximum absolute atomic E-state index is 11.6. The molecule has 1 aromatic carbocycles. The van der Waals surface area contributed by atoms with Gasteiger partial charge in [0.15, 0.2) is 11.5 Å². The van der Waals surface area contributed by atoms with Crippen molar-refractivity contribution >= 4 is 5.91 Å². The zero-order valence-electron chi connectivity index (χ0n) is 13.1. The Morgan fingerprint density at radius 2 is 1.86 bits per heavy atom. The first-order valence-corrected chi connectivity index (χ1v) is 7.43. The van der Waals surface area contributed by atoms with Gasteiger partial charge in [0.25, 0.3) is 0 Å². The van der Waals surface area contributed by atoms with Gasteiger partial charge in [-0.3, -0.25) is 4.79 Å². The summed E-state index contributed by atoms with van der Waals surface area (Å²) in [5.41, 5.74) is 4.73. The molecule has 1 atom stereocenters. The molecule has 3 N–H and O–H groups in total. The van der Waals surface area contributed by atoms with Gasteiger partial charge in [0.1, 0.15) is 0 Å². The number of nitrogens with one attached hydrogen (secondary N) is 1. The van der Waals surface area contributed by atoms with Crippen LogP contribution in [-0.2, 0) is 4.79 Å². The fraction of sp³-hybridized carbons (Fsp3) is 0.562. The molecule has 5 heteroatoms. The Balaban J connectivity index is 2.60. The summed E-state index contributed by atoms with van der Waals surface area (Å²) in [4.78, 5) is 11.6. The molecule has 0 aliphatic carbocycles. The van der Waals surface area contributed by atoms with Gasteiger partial charge in [-0.25, -0.2) is 0 Å². The van der Waals surface area contributed by atoms with E-state index in [4.69, 9.17) is 15.2 Å². The molecule has 0 aliphatic rings. The Hall–Kier alpha value is -1.75. The third-order valence-corrected chi connectivity index (χ3v) is 3.32. The molecular formula is C16H26N2O3. The maximum Gasteiger partial charge on any atom is 0.237 e. The molecular weight excluding hydrogens is 268 g/mol. The first kappa shape index (κ1) is 17.3. The molecule has 1 rings (SSSR count). The predicted molar refractivity (Wildman–Crippen MR) is 83.6 cm³/mol. The van der Waals surface area contributed by atoms with E-state index in [9.17, 15) is 4.79 Å². The van der Waals surface area contributed by atoms with Crippen LogP contribution in [0.5, 0.6) is 11.5 Å². The molecule has 118 valence electrons. The third kappa shape index (κ3) is 5.27. The van der Waals surface area contributed by atoms with Crippen LogP contribution in [-0.4, -0.2) is 31.2 Å². The highest BCUT2D eigenvalue weighted by Crippen LogP contribution is 2.26. The summed E-state index contributed by atoms with van der Waals surface area (Å²) in [7, 11) is 0. The molecule has 0 heterocycles. The van der Waals surface area contributed by atoms with Crippen LogP contribution in [0.2, 0.25) is 0 Å². The minimum Gasteiger partial charge on any atom is -0.490 e. The number of carbonyl (C=O) groups is 1. The normalized spacial score (nSPS) is 13.5. The Bertz CT molecular complexity index is 451. The fourth-order valence-electron chi connectivity index (χ4n) is 1.91. The second-order valence-electron chi connectivity index (χ2n) is 5.10. The van der Waals surface area contributed by atoms with Crippen molar-refractivity contribution in [1.82, 2.24) is 5.32 Å². The standard InChI is InChI=1S/C16H26N2O3/c1-4-11-18-16(3,15(17)19)10-12-21-14-9-7-6-8-13(14)20-5-2/h6-9,18H,4-5,10-12H2,1-3H3,(H2,17,19). The number of primary amides is 1. The van der Waals surface area contributed by atoms with Gasteiger partial charge in [0.2, 0.25) is 5.91 Å². The van der Waals surface area contributed by atoms with E-state index >= 15 is 0 Å². The largest absolute Gasteiger partial charge is 0.490 e. The number of carbonyl (C=O) groups excluding carboxylic acids is 1. The van der Waals surface area contributed by atoms with Crippen molar-refractivity contribution in [3.63, 3.8) is 0 Å². The molecule has 0 radical (unpaired) electrons. The lowest BCUT2D eigenvalue weighted by Gasteiger charge is -2.27. The van der Waals surface area contributed by atoms with Crippen LogP contribution in [0.15, 0.2) is 24.3 Å². The molecule has 0 spiro atoms. The van der Waals surface area contributed by atoms with Crippen LogP contribution in [0.3, 0.4) is 0 Å². The Kier molecular flexibility index (Phi) is 7.02. The van der Waals surface area contributed by atoms with E-state index in [1.165, 1.54) is 0 Å². The number of rotatable bonds is 10. The number of ether oxygens (including phenoxy) is 2. The van der Waals surface area contributed by atoms with Gasteiger partial charge in [-0.1, -0.05) is 19.1 Å². The third-order valence-electron chi connectivity index (χ3n) is 3.32. The summed E-state index contributed by atoms with van der Waals surface area (Å²) in [6.07, 6.45) is 1.44. The quantitative estimate of drug-likeness (QED) is 0.693. The first-order valence-electron chi connectivity index (χ1n) is 7.43. The summed E-state index contributed by atoms with van der Waals surface area (Å²) in [6.45, 7) is 7.49. The second-order valence-corrected chi connectivity index (χ2v) is 5.10. The van der Waals surface area contributed by atoms with Crippen molar-refractivity contribution in [2.45, 2.75) is 39.2 Å². The van der Waals surface area contributed by atoms with Crippen LogP contribution in [0.25, 0.3) is 0 Å². The Labute approximate surface area is 126 Å². The van der Waals surface area contributed by atoms with Gasteiger partial charge in [0.05, 0.1) is 18.8 Å². The molecule has 1 aromatic rings. The van der Waals surface area contributed by atoms with E-state index in [2.05, 4.69) is 5.32 Å². The van der Waals surface area contributed by atoms with Crippen molar-refractivity contribution in [3.8, 4) is 11.5 Å². The van der Waals surface area contributed by atoms with Crippen LogP contribution in [0.1, 0.15) is 33.6 Å². The van der Waals surface area contributed by atoms with Gasteiger partial charge >= 0.3 is 0 Å². The van der Waals surface area contributed by atoms with E-state index in [0.717, 1.165) is 13.0 Å². The summed E-state index contributed by atoms with van der Waals surface area (Å²) in [5, 5.41) is 3.19. The lowest BCUT2D eigenvalue weighted by atomic mass is 9.97. The highest BCUT2D eigenvalue weighted by atomic mass is 16.5. The zero-order valence-corrected chi connectivity index (χ0v) is 13.1. The molecule has 0 aromatic heterocycles. The van der Waals surface area contributed by atoms with Crippen molar-refractivity contribution in [2.24, 2.45) is 5.73 Å². The van der Waals surface area contributed by atoms with E-state index in [1.807, 2.05) is 45.0 Å². The molecule has 0 saturated carbocycles. The number of hydrogen-bond acceptors (Lipinski definition) is 4. The molecule has 1 amide bonds. The van der Waals surface area contributed by atoms with E-state index in [0.29, 0.717) is 31.1 Å². The number of benzene rings is 1. The number of amides is 1. The monoisotopic (exact) mass is 294 g/mol. The molecule has 21 heavy (non-hydrogen) atoms. The average Bonchev–Trinajstić information content (AvgIpc) is 2.47. The van der Waals surface area contributed by atoms with E-state index in [1.54, 1.807) is 0 Å². The number of nitrogens with two attached hydrogens (primary N) is 1. The highest BCUT2D eigenvalue weighted by Gasteiger charge is 2.30. The molecule has 1 unspecified atom stereocenters. The van der Waals surface area contributed by atoms with Gasteiger partial charge in [-0.2, -0.15) is 0 Å². The van der Waals surface area contributed by atoms with Crippen LogP contribution in [0.4, 0.5) is 0 Å². The lowest BCUT2D eigenvalue weighted by Crippen LogP contribution is -2.54. The van der Waals surface area contributed by atoms with Crippen molar-refractivity contribution < 1.29 is 14.3 Å². The highest BCUT2D eigenvalue weighted by molar-refractivity contribution is 5.84. The van der Waals surface area contributed by atoms with Gasteiger partial charge < -0.3 is 20.5 Å². The van der Waals surface area contributed by atoms with Crippen molar-refractivity contribution in [1.29, 1.82) is 0 Å². The topological polar surface area (TPSA) is 73.6 Å². The van der Waals surface area contributed by atoms with Crippen LogP contribution >= 0.6 is 0 Å². The maximum atomic E-state index is 11.6. The minimum atomic E-state index is -0.753. The van der Waals surface area contributed by atoms with Crippen LogP contribution < -0.4 is 20.5 Å². The van der Waals surface area contributed by atoms with Gasteiger partial charge in [-0.05, 0) is 38.9 Å². The molecule has 5 nitrogen and oxygen atoms in total. The molecule has 0 saturated heterocycles. The van der Waals surface area contributed by atoms with Crippen molar-refractivity contribution in [3.05, 3.63) is 24.3 Å². The minimum absolute atomic E-state index is 0.363. The van der Waals surface area contributed by atoms with Gasteiger partial charge in [-0.15, -0.1) is 0 Å². The lowest BCUT2D eigenvalue weighted by molar-refractivity contribution is -0.124. The van der Waals surface area contributed by atoms with Gasteiger partial charge in [0, 0.05) is 6.42 Å². The smallest absolute Gasteiger partial charge is 0.237 e. The summed E-state index contributed by atoms with van der Waals surface area (Å²) < 4.78 is 11.2. The zero-order chi connectivity index (χ0) is 15.7. The first-order chi connectivity index (χ1) is 10.0. The summed E-state index contributed by atoms with van der Waals surface area (Å²) in [5.74, 6) is 1.03. The fourth-order valence-corrected chi connectivity index (χ4v) is 1.91. The summed E-state index contributed by atoms with van der Waals surface area (Å²) >= 11 is 0. The van der Waals surface area contributed by atoms with Crippen molar-refractivity contribution in [2.75, 3.05) is 19.8 Å². The second kappa shape index (κ2) is 8.52. The number of para-hydroxylation sites is 2. The molecule has 0 fully saturated rings. The predicted octanol–water partition coefficient (Wildman–Crippen LogP) is 2.10. The van der Waals surface area contributed by atoms with Crippen LogP contribution in [0, 0.1) is 0 Å². The Morgan fingerprint density at radius 3 is 2.38 bits per heavy atom. The number of hydrogen-bond donors (Lipinski definition) is 2. The molecule has 0 aliphatic heterocycles. The SMILES string of the molecule is CCCNC(C)(CCOc1ccccc1OCC)C(N)=O. The van der Waals surface area contributed by atoms with E-state index in [-0.39, 0.29) is 5.91 Å². The average molecular weight is 294 g/mol. The molecule has 0 bridgehead atoms. The summed E-state index contributed by atoms with van der Waals surface area (Å²) in [6, 6.07) is 7.50. The Morgan fingerprint density at radius 1 is 1.24 bits per heavy atom. The van der Waals surface area contributed by atoms with E-state index < -0.39 is 5.54 Å².